The number of piperidine rings is 1. The van der Waals surface area contributed by atoms with Gasteiger partial charge in [0, 0.05) is 17.5 Å². The second-order valence-corrected chi connectivity index (χ2v) is 5.50. The number of hydrogen-bond acceptors (Lipinski definition) is 4. The zero-order valence-corrected chi connectivity index (χ0v) is 12.0. The second kappa shape index (κ2) is 7.31. The van der Waals surface area contributed by atoms with Gasteiger partial charge in [0.15, 0.2) is 0 Å². The van der Waals surface area contributed by atoms with E-state index in [1.54, 1.807) is 11.3 Å². The van der Waals surface area contributed by atoms with Crippen molar-refractivity contribution >= 4 is 23.7 Å². The molecule has 3 nitrogen and oxygen atoms in total. The summed E-state index contributed by atoms with van der Waals surface area (Å²) in [5, 5.41) is 0. The van der Waals surface area contributed by atoms with E-state index in [2.05, 4.69) is 16.8 Å². The van der Waals surface area contributed by atoms with Crippen molar-refractivity contribution in [3.8, 4) is 0 Å². The predicted molar refractivity (Wildman–Crippen MR) is 75.8 cm³/mol. The Bertz CT molecular complexity index is 327. The van der Waals surface area contributed by atoms with Crippen LogP contribution in [0.1, 0.15) is 36.3 Å². The molecule has 0 aliphatic carbocycles. The molecule has 0 amide bonds. The van der Waals surface area contributed by atoms with Crippen molar-refractivity contribution in [1.29, 1.82) is 0 Å². The maximum absolute atomic E-state index is 5.69. The summed E-state index contributed by atoms with van der Waals surface area (Å²) in [7, 11) is 0. The molecule has 1 atom stereocenters. The number of hydrogen-bond donors (Lipinski definition) is 1. The van der Waals surface area contributed by atoms with Crippen molar-refractivity contribution in [3.63, 3.8) is 0 Å². The van der Waals surface area contributed by atoms with Crippen LogP contribution in [0.25, 0.3) is 0 Å². The van der Waals surface area contributed by atoms with Gasteiger partial charge in [0.1, 0.15) is 0 Å². The average molecular weight is 276 g/mol. The van der Waals surface area contributed by atoms with Gasteiger partial charge >= 0.3 is 0 Å². The first-order chi connectivity index (χ1) is 7.81. The molecule has 1 aromatic heterocycles. The lowest BCUT2D eigenvalue weighted by Gasteiger charge is -2.35. The van der Waals surface area contributed by atoms with Crippen molar-refractivity contribution in [2.45, 2.75) is 45.2 Å². The van der Waals surface area contributed by atoms with Gasteiger partial charge in [-0.05, 0) is 39.3 Å². The molecule has 0 saturated carbocycles. The lowest BCUT2D eigenvalue weighted by Crippen LogP contribution is -2.40. The molecule has 1 unspecified atom stereocenters. The van der Waals surface area contributed by atoms with Crippen LogP contribution in [0, 0.1) is 6.92 Å². The Morgan fingerprint density at radius 1 is 1.53 bits per heavy atom. The highest BCUT2D eigenvalue weighted by Crippen LogP contribution is 2.23. The van der Waals surface area contributed by atoms with Crippen LogP contribution in [-0.4, -0.2) is 29.0 Å². The van der Waals surface area contributed by atoms with Crippen molar-refractivity contribution in [1.82, 2.24) is 9.88 Å². The molecule has 1 aliphatic heterocycles. The molecule has 1 aromatic rings. The smallest absolute Gasteiger partial charge is 0.0798 e. The van der Waals surface area contributed by atoms with E-state index in [0.29, 0.717) is 6.04 Å². The Morgan fingerprint density at radius 2 is 2.35 bits per heavy atom. The molecule has 1 saturated heterocycles. The van der Waals surface area contributed by atoms with E-state index in [1.807, 2.05) is 5.51 Å². The summed E-state index contributed by atoms with van der Waals surface area (Å²) >= 11 is 1.78. The third-order valence-corrected chi connectivity index (χ3v) is 4.36. The number of aryl methyl sites for hydroxylation is 1. The number of halogens is 1. The molecule has 2 rings (SSSR count). The minimum absolute atomic E-state index is 0. The van der Waals surface area contributed by atoms with E-state index >= 15 is 0 Å². The van der Waals surface area contributed by atoms with Crippen LogP contribution in [0.2, 0.25) is 0 Å². The maximum atomic E-state index is 5.69. The molecule has 0 radical (unpaired) electrons. The number of likely N-dealkylation sites (tertiary alicyclic amines) is 1. The van der Waals surface area contributed by atoms with Crippen LogP contribution < -0.4 is 5.73 Å². The molecular weight excluding hydrogens is 254 g/mol. The van der Waals surface area contributed by atoms with Gasteiger partial charge < -0.3 is 5.73 Å². The van der Waals surface area contributed by atoms with Crippen LogP contribution in [0.5, 0.6) is 0 Å². The quantitative estimate of drug-likeness (QED) is 0.918. The topological polar surface area (TPSA) is 42.2 Å². The molecule has 1 aliphatic rings. The van der Waals surface area contributed by atoms with Crippen LogP contribution in [0.15, 0.2) is 5.51 Å². The van der Waals surface area contributed by atoms with E-state index < -0.39 is 0 Å². The summed E-state index contributed by atoms with van der Waals surface area (Å²) in [5.41, 5.74) is 8.84. The standard InChI is InChI=1S/C12H21N3S.ClH/c1-10-12(16-9-14-10)8-15-7-3-2-4-11(15)5-6-13;/h9,11H,2-8,13H2,1H3;1H. The number of aromatic nitrogens is 1. The second-order valence-electron chi connectivity index (χ2n) is 4.56. The number of rotatable bonds is 4. The molecular formula is C12H22ClN3S. The van der Waals surface area contributed by atoms with Gasteiger partial charge in [0.25, 0.3) is 0 Å². The first kappa shape index (κ1) is 14.9. The highest BCUT2D eigenvalue weighted by atomic mass is 35.5. The van der Waals surface area contributed by atoms with Gasteiger partial charge in [-0.1, -0.05) is 6.42 Å². The Morgan fingerprint density at radius 3 is 3.00 bits per heavy atom. The lowest BCUT2D eigenvalue weighted by atomic mass is 9.99. The largest absolute Gasteiger partial charge is 0.330 e. The molecule has 0 aromatic carbocycles. The lowest BCUT2D eigenvalue weighted by molar-refractivity contribution is 0.135. The Labute approximate surface area is 114 Å². The van der Waals surface area contributed by atoms with Crippen molar-refractivity contribution in [3.05, 3.63) is 16.1 Å². The fourth-order valence-corrected chi connectivity index (χ4v) is 3.25. The predicted octanol–water partition coefficient (Wildman–Crippen LogP) is 2.58. The summed E-state index contributed by atoms with van der Waals surface area (Å²) in [6.07, 6.45) is 5.15. The molecule has 5 heteroatoms. The number of nitrogens with zero attached hydrogens (tertiary/aromatic N) is 2. The number of thiazole rings is 1. The van der Waals surface area contributed by atoms with Crippen molar-refractivity contribution in [2.24, 2.45) is 5.73 Å². The van der Waals surface area contributed by atoms with E-state index in [1.165, 1.54) is 36.4 Å². The van der Waals surface area contributed by atoms with Gasteiger partial charge in [0.05, 0.1) is 11.2 Å². The summed E-state index contributed by atoms with van der Waals surface area (Å²) in [5.74, 6) is 0. The average Bonchev–Trinajstić information content (AvgIpc) is 2.68. The molecule has 98 valence electrons. The highest BCUT2D eigenvalue weighted by molar-refractivity contribution is 7.09. The Hall–Kier alpha value is -0.160. The van der Waals surface area contributed by atoms with Gasteiger partial charge in [0.2, 0.25) is 0 Å². The normalized spacial score (nSPS) is 21.2. The van der Waals surface area contributed by atoms with Crippen molar-refractivity contribution < 1.29 is 0 Å². The molecule has 0 bridgehead atoms. The minimum atomic E-state index is 0. The molecule has 0 spiro atoms. The molecule has 2 N–H and O–H groups in total. The van der Waals surface area contributed by atoms with Gasteiger partial charge in [-0.3, -0.25) is 4.90 Å². The summed E-state index contributed by atoms with van der Waals surface area (Å²) < 4.78 is 0. The van der Waals surface area contributed by atoms with E-state index in [0.717, 1.165) is 19.5 Å². The highest BCUT2D eigenvalue weighted by Gasteiger charge is 2.22. The van der Waals surface area contributed by atoms with Gasteiger partial charge in [-0.25, -0.2) is 4.98 Å². The number of nitrogens with two attached hydrogens (primary N) is 1. The van der Waals surface area contributed by atoms with E-state index in [-0.39, 0.29) is 12.4 Å². The fourth-order valence-electron chi connectivity index (χ4n) is 2.45. The maximum Gasteiger partial charge on any atom is 0.0798 e. The third-order valence-electron chi connectivity index (χ3n) is 3.44. The summed E-state index contributed by atoms with van der Waals surface area (Å²) in [4.78, 5) is 8.33. The van der Waals surface area contributed by atoms with Crippen LogP contribution in [0.4, 0.5) is 0 Å². The monoisotopic (exact) mass is 275 g/mol. The van der Waals surface area contributed by atoms with Crippen LogP contribution >= 0.6 is 23.7 Å². The zero-order valence-electron chi connectivity index (χ0n) is 10.4. The summed E-state index contributed by atoms with van der Waals surface area (Å²) in [6, 6.07) is 0.695. The van der Waals surface area contributed by atoms with Gasteiger partial charge in [-0.15, -0.1) is 23.7 Å². The molecule has 2 heterocycles. The minimum Gasteiger partial charge on any atom is -0.330 e. The first-order valence-corrected chi connectivity index (χ1v) is 7.02. The first-order valence-electron chi connectivity index (χ1n) is 6.14. The molecule has 1 fully saturated rings. The Balaban J connectivity index is 0.00000144. The van der Waals surface area contributed by atoms with Gasteiger partial charge in [-0.2, -0.15) is 0 Å². The van der Waals surface area contributed by atoms with Crippen molar-refractivity contribution in [2.75, 3.05) is 13.1 Å². The van der Waals surface area contributed by atoms with Crippen LogP contribution in [0.3, 0.4) is 0 Å². The summed E-state index contributed by atoms with van der Waals surface area (Å²) in [6.45, 7) is 5.21. The van der Waals surface area contributed by atoms with E-state index in [4.69, 9.17) is 5.73 Å². The molecule has 17 heavy (non-hydrogen) atoms. The zero-order chi connectivity index (χ0) is 11.4. The van der Waals surface area contributed by atoms with Crippen LogP contribution in [-0.2, 0) is 6.54 Å². The fraction of sp³-hybridized carbons (Fsp3) is 0.750. The van der Waals surface area contributed by atoms with E-state index in [9.17, 15) is 0 Å². The Kier molecular flexibility index (Phi) is 6.41. The third kappa shape index (κ3) is 3.91. The SMILES string of the molecule is Cc1ncsc1CN1CCCCC1CCN.Cl.